The molecule has 1 aliphatic carbocycles. The molecular formula is C18H19NO2. The fraction of sp³-hybridized carbons (Fsp3) is 0.333. The van der Waals surface area contributed by atoms with Gasteiger partial charge in [-0.05, 0) is 30.5 Å². The van der Waals surface area contributed by atoms with Crippen molar-refractivity contribution in [2.24, 2.45) is 4.99 Å². The number of rotatable bonds is 4. The van der Waals surface area contributed by atoms with Gasteiger partial charge in [-0.25, -0.2) is 0 Å². The van der Waals surface area contributed by atoms with Crippen molar-refractivity contribution in [3.63, 3.8) is 0 Å². The molecule has 0 radical (unpaired) electrons. The molecule has 0 unspecified atom stereocenters. The predicted octanol–water partition coefficient (Wildman–Crippen LogP) is 3.80. The lowest BCUT2D eigenvalue weighted by atomic mass is 9.85. The third kappa shape index (κ3) is 3.69. The highest BCUT2D eigenvalue weighted by atomic mass is 16.3. The van der Waals surface area contributed by atoms with E-state index in [1.54, 1.807) is 6.26 Å². The second-order valence-corrected chi connectivity index (χ2v) is 5.52. The number of nitrogens with zero attached hydrogens (tertiary/aromatic N) is 1. The molecule has 1 aliphatic rings. The maximum absolute atomic E-state index is 11.9. The number of ketones is 1. The van der Waals surface area contributed by atoms with Crippen molar-refractivity contribution in [1.29, 1.82) is 0 Å². The second-order valence-electron chi connectivity index (χ2n) is 5.52. The first kappa shape index (κ1) is 13.8. The Kier molecular flexibility index (Phi) is 4.29. The highest BCUT2D eigenvalue weighted by Gasteiger charge is 2.26. The predicted molar refractivity (Wildman–Crippen MR) is 82.8 cm³/mol. The molecule has 108 valence electrons. The average Bonchev–Trinajstić information content (AvgIpc) is 3.02. The van der Waals surface area contributed by atoms with Gasteiger partial charge in [-0.1, -0.05) is 30.3 Å². The van der Waals surface area contributed by atoms with E-state index in [1.165, 1.54) is 5.56 Å². The Morgan fingerprint density at radius 1 is 1.10 bits per heavy atom. The molecule has 3 rings (SSSR count). The van der Waals surface area contributed by atoms with E-state index in [4.69, 9.17) is 4.42 Å². The SMILES string of the molecule is O=C1CC(=NCCc2ccccc2)C[C@@H](c2ccco2)C1. The molecule has 0 amide bonds. The topological polar surface area (TPSA) is 42.6 Å². The number of carbonyl (C=O) groups is 1. The lowest BCUT2D eigenvalue weighted by molar-refractivity contribution is -0.118. The van der Waals surface area contributed by atoms with Crippen molar-refractivity contribution in [1.82, 2.24) is 0 Å². The van der Waals surface area contributed by atoms with Crippen LogP contribution in [0.3, 0.4) is 0 Å². The summed E-state index contributed by atoms with van der Waals surface area (Å²) in [6, 6.07) is 14.1. The molecule has 1 atom stereocenters. The van der Waals surface area contributed by atoms with Crippen LogP contribution in [0.1, 0.15) is 36.5 Å². The Bertz CT molecular complexity index is 614. The van der Waals surface area contributed by atoms with Crippen LogP contribution in [0.25, 0.3) is 0 Å². The Morgan fingerprint density at radius 2 is 1.95 bits per heavy atom. The fourth-order valence-electron chi connectivity index (χ4n) is 2.84. The van der Waals surface area contributed by atoms with Gasteiger partial charge in [-0.3, -0.25) is 9.79 Å². The molecular weight excluding hydrogens is 262 g/mol. The minimum absolute atomic E-state index is 0.164. The van der Waals surface area contributed by atoms with Crippen LogP contribution in [0.4, 0.5) is 0 Å². The number of hydrogen-bond acceptors (Lipinski definition) is 3. The highest BCUT2D eigenvalue weighted by molar-refractivity contribution is 6.04. The van der Waals surface area contributed by atoms with E-state index in [1.807, 2.05) is 30.3 Å². The smallest absolute Gasteiger partial charge is 0.139 e. The maximum Gasteiger partial charge on any atom is 0.139 e. The molecule has 0 saturated heterocycles. The van der Waals surface area contributed by atoms with Crippen molar-refractivity contribution in [3.8, 4) is 0 Å². The number of hydrogen-bond donors (Lipinski definition) is 0. The van der Waals surface area contributed by atoms with E-state index in [0.29, 0.717) is 12.8 Å². The lowest BCUT2D eigenvalue weighted by Gasteiger charge is -2.20. The molecule has 2 aromatic rings. The lowest BCUT2D eigenvalue weighted by Crippen LogP contribution is -2.21. The molecule has 3 heteroatoms. The number of aliphatic imine (C=N–C) groups is 1. The summed E-state index contributed by atoms with van der Waals surface area (Å²) in [7, 11) is 0. The Labute approximate surface area is 124 Å². The quantitative estimate of drug-likeness (QED) is 0.855. The largest absolute Gasteiger partial charge is 0.469 e. The van der Waals surface area contributed by atoms with Crippen molar-refractivity contribution in [2.45, 2.75) is 31.6 Å². The van der Waals surface area contributed by atoms with E-state index < -0.39 is 0 Å². The Balaban J connectivity index is 1.61. The standard InChI is InChI=1S/C18H19NO2/c20-17-12-15(18-7-4-10-21-18)11-16(13-17)19-9-8-14-5-2-1-3-6-14/h1-7,10,15H,8-9,11-13H2/t15-/m1/s1. The third-order valence-electron chi connectivity index (χ3n) is 3.88. The summed E-state index contributed by atoms with van der Waals surface area (Å²) in [6.07, 6.45) is 4.51. The van der Waals surface area contributed by atoms with Gasteiger partial charge < -0.3 is 4.42 Å². The van der Waals surface area contributed by atoms with Gasteiger partial charge in [0, 0.05) is 31.0 Å². The van der Waals surface area contributed by atoms with E-state index in [0.717, 1.165) is 30.9 Å². The first-order valence-electron chi connectivity index (χ1n) is 7.42. The molecule has 21 heavy (non-hydrogen) atoms. The molecule has 0 bridgehead atoms. The van der Waals surface area contributed by atoms with Crippen LogP contribution in [-0.4, -0.2) is 18.0 Å². The van der Waals surface area contributed by atoms with Gasteiger partial charge in [-0.2, -0.15) is 0 Å². The zero-order valence-electron chi connectivity index (χ0n) is 12.0. The average molecular weight is 281 g/mol. The van der Waals surface area contributed by atoms with E-state index in [2.05, 4.69) is 17.1 Å². The zero-order chi connectivity index (χ0) is 14.5. The van der Waals surface area contributed by atoms with Crippen molar-refractivity contribution in [3.05, 3.63) is 60.1 Å². The fourth-order valence-corrected chi connectivity index (χ4v) is 2.84. The van der Waals surface area contributed by atoms with Crippen molar-refractivity contribution < 1.29 is 9.21 Å². The van der Waals surface area contributed by atoms with Gasteiger partial charge >= 0.3 is 0 Å². The third-order valence-corrected chi connectivity index (χ3v) is 3.88. The van der Waals surface area contributed by atoms with Crippen LogP contribution in [0.2, 0.25) is 0 Å². The molecule has 3 nitrogen and oxygen atoms in total. The molecule has 1 aromatic carbocycles. The van der Waals surface area contributed by atoms with Gasteiger partial charge in [0.05, 0.1) is 6.26 Å². The van der Waals surface area contributed by atoms with E-state index >= 15 is 0 Å². The minimum Gasteiger partial charge on any atom is -0.469 e. The van der Waals surface area contributed by atoms with Gasteiger partial charge in [-0.15, -0.1) is 0 Å². The minimum atomic E-state index is 0.164. The van der Waals surface area contributed by atoms with E-state index in [-0.39, 0.29) is 11.7 Å². The molecule has 1 fully saturated rings. The van der Waals surface area contributed by atoms with Crippen LogP contribution in [0, 0.1) is 0 Å². The summed E-state index contributed by atoms with van der Waals surface area (Å²) < 4.78 is 5.44. The summed E-state index contributed by atoms with van der Waals surface area (Å²) in [5.74, 6) is 1.33. The molecule has 0 aliphatic heterocycles. The Hall–Kier alpha value is -2.16. The number of carbonyl (C=O) groups excluding carboxylic acids is 1. The van der Waals surface area contributed by atoms with E-state index in [9.17, 15) is 4.79 Å². The van der Waals surface area contributed by atoms with Gasteiger partial charge in [0.15, 0.2) is 0 Å². The van der Waals surface area contributed by atoms with Gasteiger partial charge in [0.2, 0.25) is 0 Å². The van der Waals surface area contributed by atoms with Crippen LogP contribution < -0.4 is 0 Å². The second kappa shape index (κ2) is 6.53. The summed E-state index contributed by atoms with van der Waals surface area (Å²) in [6.45, 7) is 0.748. The first-order valence-corrected chi connectivity index (χ1v) is 7.42. The van der Waals surface area contributed by atoms with Crippen molar-refractivity contribution >= 4 is 11.5 Å². The van der Waals surface area contributed by atoms with Crippen LogP contribution >= 0.6 is 0 Å². The van der Waals surface area contributed by atoms with Crippen LogP contribution in [0.5, 0.6) is 0 Å². The molecule has 1 aromatic heterocycles. The van der Waals surface area contributed by atoms with Gasteiger partial charge in [0.25, 0.3) is 0 Å². The van der Waals surface area contributed by atoms with Gasteiger partial charge in [0.1, 0.15) is 11.5 Å². The summed E-state index contributed by atoms with van der Waals surface area (Å²) in [4.78, 5) is 16.5. The number of Topliss-reactive ketones (excluding diaryl/α,β-unsaturated/α-hetero) is 1. The zero-order valence-corrected chi connectivity index (χ0v) is 12.0. The Morgan fingerprint density at radius 3 is 2.71 bits per heavy atom. The molecule has 0 spiro atoms. The van der Waals surface area contributed by atoms with Crippen molar-refractivity contribution in [2.75, 3.05) is 6.54 Å². The number of furan rings is 1. The number of benzene rings is 1. The molecule has 0 N–H and O–H groups in total. The molecule has 1 heterocycles. The molecule has 1 saturated carbocycles. The summed E-state index contributed by atoms with van der Waals surface area (Å²) >= 11 is 0. The van der Waals surface area contributed by atoms with Crippen LogP contribution in [-0.2, 0) is 11.2 Å². The highest BCUT2D eigenvalue weighted by Crippen LogP contribution is 2.30. The summed E-state index contributed by atoms with van der Waals surface area (Å²) in [5, 5.41) is 0. The van der Waals surface area contributed by atoms with Crippen LogP contribution in [0.15, 0.2) is 58.1 Å². The maximum atomic E-state index is 11.9. The normalized spacial score (nSPS) is 20.9. The monoisotopic (exact) mass is 281 g/mol. The summed E-state index contributed by atoms with van der Waals surface area (Å²) in [5.41, 5.74) is 2.30. The first-order chi connectivity index (χ1) is 10.3.